The number of carbonyl (C=O) groups excluding carboxylic acids is 2. The first kappa shape index (κ1) is 24.6. The van der Waals surface area contributed by atoms with Crippen molar-refractivity contribution in [3.63, 3.8) is 0 Å². The quantitative estimate of drug-likeness (QED) is 0.435. The van der Waals surface area contributed by atoms with Crippen molar-refractivity contribution in [2.45, 2.75) is 33.5 Å². The van der Waals surface area contributed by atoms with Gasteiger partial charge >= 0.3 is 12.2 Å². The maximum absolute atomic E-state index is 12.8. The van der Waals surface area contributed by atoms with Crippen LogP contribution in [0.5, 0.6) is 0 Å². The van der Waals surface area contributed by atoms with E-state index < -0.39 is 23.7 Å². The van der Waals surface area contributed by atoms with Gasteiger partial charge in [-0.05, 0) is 47.0 Å². The number of rotatable bonds is 3. The number of hydrazone groups is 1. The predicted molar refractivity (Wildman–Crippen MR) is 124 cm³/mol. The van der Waals surface area contributed by atoms with Crippen LogP contribution < -0.4 is 4.90 Å². The lowest BCUT2D eigenvalue weighted by Gasteiger charge is -2.32. The largest absolute Gasteiger partial charge is 0.416 e. The predicted octanol–water partition coefficient (Wildman–Crippen LogP) is 6.12. The van der Waals surface area contributed by atoms with Gasteiger partial charge in [-0.3, -0.25) is 9.78 Å². The number of anilines is 1. The number of nitrogens with zero attached hydrogens (tertiary/aromatic N) is 4. The molecule has 0 fully saturated rings. The maximum atomic E-state index is 12.8. The van der Waals surface area contributed by atoms with Crippen molar-refractivity contribution in [2.75, 3.05) is 4.90 Å². The fraction of sp³-hybridized carbons (Fsp3) is 0.200. The number of amides is 3. The van der Waals surface area contributed by atoms with Crippen molar-refractivity contribution in [3.8, 4) is 11.1 Å². The number of hydrogen-bond acceptors (Lipinski definition) is 4. The van der Waals surface area contributed by atoms with Gasteiger partial charge in [0.15, 0.2) is 0 Å². The standard InChI is InChI=1S/C23H17F3N4O2.C2H6/c1-15(31)30-21-9-6-18(17-4-7-20(8-5-17)23(24,25)26)11-19(21)14-29(22(30)32)28-13-16-3-2-10-27-12-16;1-2/h2-13H,14H2,1H3;1-2H3/b28-13+;. The van der Waals surface area contributed by atoms with E-state index in [1.807, 2.05) is 13.8 Å². The van der Waals surface area contributed by atoms with Crippen LogP contribution in [0.1, 0.15) is 37.5 Å². The molecule has 0 radical (unpaired) electrons. The zero-order chi connectivity index (χ0) is 24.9. The third kappa shape index (κ3) is 5.31. The number of urea groups is 1. The Kier molecular flexibility index (Phi) is 7.45. The number of imide groups is 1. The lowest BCUT2D eigenvalue weighted by Crippen LogP contribution is -2.47. The highest BCUT2D eigenvalue weighted by Gasteiger charge is 2.33. The number of carbonyl (C=O) groups is 2. The molecule has 3 aromatic rings. The second-order valence-electron chi connectivity index (χ2n) is 7.14. The third-order valence-corrected chi connectivity index (χ3v) is 4.94. The molecule has 0 atom stereocenters. The minimum atomic E-state index is -4.41. The minimum Gasteiger partial charge on any atom is -0.274 e. The van der Waals surface area contributed by atoms with Crippen LogP contribution in [0, 0.1) is 0 Å². The average Bonchev–Trinajstić information content (AvgIpc) is 2.83. The number of pyridine rings is 1. The zero-order valence-electron chi connectivity index (χ0n) is 18.9. The molecule has 6 nitrogen and oxygen atoms in total. The summed E-state index contributed by atoms with van der Waals surface area (Å²) < 4.78 is 38.5. The van der Waals surface area contributed by atoms with Gasteiger partial charge in [-0.1, -0.05) is 38.1 Å². The fourth-order valence-corrected chi connectivity index (χ4v) is 3.39. The van der Waals surface area contributed by atoms with Gasteiger partial charge in [0.1, 0.15) is 0 Å². The highest BCUT2D eigenvalue weighted by molar-refractivity contribution is 6.15. The lowest BCUT2D eigenvalue weighted by molar-refractivity contribution is -0.137. The van der Waals surface area contributed by atoms with Gasteiger partial charge in [-0.25, -0.2) is 14.7 Å². The van der Waals surface area contributed by atoms with E-state index in [-0.39, 0.29) is 6.54 Å². The van der Waals surface area contributed by atoms with Crippen LogP contribution in [0.15, 0.2) is 72.1 Å². The van der Waals surface area contributed by atoms with Crippen LogP contribution in [0.4, 0.5) is 23.7 Å². The van der Waals surface area contributed by atoms with Crippen LogP contribution in [0.3, 0.4) is 0 Å². The van der Waals surface area contributed by atoms with Crippen LogP contribution >= 0.6 is 0 Å². The SMILES string of the molecule is CC.CC(=O)N1C(=O)N(/N=C/c2cccnc2)Cc2cc(-c3ccc(C(F)(F)F)cc3)ccc21. The average molecular weight is 468 g/mol. The highest BCUT2D eigenvalue weighted by Crippen LogP contribution is 2.35. The number of aromatic nitrogens is 1. The summed E-state index contributed by atoms with van der Waals surface area (Å²) in [5.74, 6) is -0.472. The highest BCUT2D eigenvalue weighted by atomic mass is 19.4. The lowest BCUT2D eigenvalue weighted by atomic mass is 9.99. The van der Waals surface area contributed by atoms with Gasteiger partial charge in [0.25, 0.3) is 0 Å². The third-order valence-electron chi connectivity index (χ3n) is 4.94. The molecule has 0 saturated heterocycles. The van der Waals surface area contributed by atoms with E-state index in [0.29, 0.717) is 27.9 Å². The molecule has 1 aliphatic heterocycles. The molecule has 34 heavy (non-hydrogen) atoms. The molecule has 3 amide bonds. The molecule has 0 N–H and O–H groups in total. The molecule has 176 valence electrons. The summed E-state index contributed by atoms with van der Waals surface area (Å²) in [5.41, 5.74) is 2.25. The molecule has 9 heteroatoms. The smallest absolute Gasteiger partial charge is 0.274 e. The topological polar surface area (TPSA) is 65.9 Å². The van der Waals surface area contributed by atoms with Gasteiger partial charge in [0.05, 0.1) is 24.0 Å². The number of halogens is 3. The molecule has 2 aromatic carbocycles. The van der Waals surface area contributed by atoms with Gasteiger partial charge in [-0.2, -0.15) is 18.3 Å². The normalized spacial score (nSPS) is 13.4. The number of benzene rings is 2. The van der Waals surface area contributed by atoms with E-state index in [9.17, 15) is 22.8 Å². The first-order valence-electron chi connectivity index (χ1n) is 10.6. The van der Waals surface area contributed by atoms with Crippen LogP contribution in [0.25, 0.3) is 11.1 Å². The van der Waals surface area contributed by atoms with Crippen molar-refractivity contribution >= 4 is 23.8 Å². The molecule has 1 aromatic heterocycles. The molecule has 0 unspecified atom stereocenters. The van der Waals surface area contributed by atoms with Gasteiger partial charge < -0.3 is 0 Å². The molecule has 1 aliphatic rings. The van der Waals surface area contributed by atoms with Crippen LogP contribution in [0.2, 0.25) is 0 Å². The number of hydrogen-bond donors (Lipinski definition) is 0. The molecule has 0 bridgehead atoms. The van der Waals surface area contributed by atoms with Crippen molar-refractivity contribution in [1.82, 2.24) is 9.99 Å². The van der Waals surface area contributed by atoms with Gasteiger partial charge in [0, 0.05) is 24.9 Å². The Labute approximate surface area is 195 Å². The maximum Gasteiger partial charge on any atom is 0.416 e. The number of fused-ring (bicyclic) bond motifs is 1. The monoisotopic (exact) mass is 468 g/mol. The van der Waals surface area contributed by atoms with Crippen LogP contribution in [-0.2, 0) is 17.5 Å². The fourth-order valence-electron chi connectivity index (χ4n) is 3.39. The molecular formula is C25H23F3N4O2. The van der Waals surface area contributed by atoms with E-state index in [2.05, 4.69) is 10.1 Å². The Bertz CT molecular complexity index is 1190. The Morgan fingerprint density at radius 1 is 1.06 bits per heavy atom. The van der Waals surface area contributed by atoms with E-state index in [1.165, 1.54) is 25.3 Å². The Morgan fingerprint density at radius 3 is 2.32 bits per heavy atom. The summed E-state index contributed by atoms with van der Waals surface area (Å²) in [5, 5.41) is 5.37. The van der Waals surface area contributed by atoms with Crippen molar-refractivity contribution < 1.29 is 22.8 Å². The first-order chi connectivity index (χ1) is 16.2. The van der Waals surface area contributed by atoms with Crippen LogP contribution in [-0.4, -0.2) is 28.1 Å². The van der Waals surface area contributed by atoms with Gasteiger partial charge in [-0.15, -0.1) is 0 Å². The molecule has 0 spiro atoms. The van der Waals surface area contributed by atoms with Crippen molar-refractivity contribution in [2.24, 2.45) is 5.10 Å². The molecule has 4 rings (SSSR count). The van der Waals surface area contributed by atoms with Gasteiger partial charge in [0.2, 0.25) is 5.91 Å². The van der Waals surface area contributed by atoms with E-state index in [4.69, 9.17) is 0 Å². The van der Waals surface area contributed by atoms with E-state index in [1.54, 1.807) is 42.7 Å². The summed E-state index contributed by atoms with van der Waals surface area (Å²) in [4.78, 5) is 30.0. The summed E-state index contributed by atoms with van der Waals surface area (Å²) >= 11 is 0. The molecule has 0 aliphatic carbocycles. The molecule has 0 saturated carbocycles. The van der Waals surface area contributed by atoms with Crippen molar-refractivity contribution in [3.05, 3.63) is 83.7 Å². The Hall–Kier alpha value is -4.01. The summed E-state index contributed by atoms with van der Waals surface area (Å²) in [7, 11) is 0. The summed E-state index contributed by atoms with van der Waals surface area (Å²) in [6.45, 7) is 5.38. The number of alkyl halides is 3. The Morgan fingerprint density at radius 2 is 1.74 bits per heavy atom. The Balaban J connectivity index is 0.00000158. The van der Waals surface area contributed by atoms with Crippen molar-refractivity contribution in [1.29, 1.82) is 0 Å². The molecule has 2 heterocycles. The summed E-state index contributed by atoms with van der Waals surface area (Å²) in [6, 6.07) is 12.7. The molecular weight excluding hydrogens is 445 g/mol. The summed E-state index contributed by atoms with van der Waals surface area (Å²) in [6.07, 6.45) is 0.245. The second-order valence-corrected chi connectivity index (χ2v) is 7.14. The minimum absolute atomic E-state index is 0.100. The first-order valence-corrected chi connectivity index (χ1v) is 10.6. The zero-order valence-corrected chi connectivity index (χ0v) is 18.9. The van der Waals surface area contributed by atoms with E-state index >= 15 is 0 Å². The van der Waals surface area contributed by atoms with E-state index in [0.717, 1.165) is 22.0 Å². The second kappa shape index (κ2) is 10.3.